The maximum absolute atomic E-state index is 15.0. The highest BCUT2D eigenvalue weighted by Gasteiger charge is 2.25. The highest BCUT2D eigenvalue weighted by atomic mass is 35.5. The van der Waals surface area contributed by atoms with Gasteiger partial charge in [-0.15, -0.1) is 0 Å². The van der Waals surface area contributed by atoms with Gasteiger partial charge in [-0.25, -0.2) is 4.39 Å². The van der Waals surface area contributed by atoms with Crippen LogP contribution in [0.25, 0.3) is 27.8 Å². The minimum atomic E-state index is -0.652. The molecule has 0 saturated carbocycles. The van der Waals surface area contributed by atoms with E-state index in [1.807, 2.05) is 39.0 Å². The number of fused-ring (bicyclic) bond motifs is 1. The number of aryl methyl sites for hydroxylation is 1. The monoisotopic (exact) mass is 506 g/mol. The lowest BCUT2D eigenvalue weighted by Gasteiger charge is -2.29. The first-order chi connectivity index (χ1) is 17.2. The zero-order valence-corrected chi connectivity index (χ0v) is 21.2. The van der Waals surface area contributed by atoms with Crippen LogP contribution in [0.4, 0.5) is 10.1 Å². The van der Waals surface area contributed by atoms with E-state index in [4.69, 9.17) is 17.3 Å². The molecule has 0 spiro atoms. The van der Waals surface area contributed by atoms with Crippen LogP contribution in [0.3, 0.4) is 0 Å². The SMILES string of the molecule is Cc1cccc(C(C)C)c1-n1c(=O)c(=O)n(CC2CNC2)c2cc(Cl)c(-c3c(N)cccc3F)cc21. The quantitative estimate of drug-likeness (QED) is 0.299. The Morgan fingerprint density at radius 3 is 2.44 bits per heavy atom. The van der Waals surface area contributed by atoms with Gasteiger partial charge in [0.15, 0.2) is 0 Å². The number of rotatable bonds is 5. The molecule has 1 aromatic heterocycles. The van der Waals surface area contributed by atoms with Crippen molar-refractivity contribution in [2.45, 2.75) is 33.2 Å². The van der Waals surface area contributed by atoms with Crippen molar-refractivity contribution in [2.24, 2.45) is 5.92 Å². The molecule has 2 heterocycles. The second-order valence-corrected chi connectivity index (χ2v) is 10.2. The summed E-state index contributed by atoms with van der Waals surface area (Å²) >= 11 is 6.70. The van der Waals surface area contributed by atoms with Gasteiger partial charge in [-0.3, -0.25) is 14.2 Å². The Morgan fingerprint density at radius 2 is 1.81 bits per heavy atom. The zero-order chi connectivity index (χ0) is 25.7. The molecule has 4 aromatic rings. The zero-order valence-electron chi connectivity index (χ0n) is 20.4. The lowest BCUT2D eigenvalue weighted by Crippen LogP contribution is -2.48. The van der Waals surface area contributed by atoms with Crippen LogP contribution < -0.4 is 22.2 Å². The van der Waals surface area contributed by atoms with Gasteiger partial charge in [0.2, 0.25) is 0 Å². The normalized spacial score (nSPS) is 13.9. The van der Waals surface area contributed by atoms with Crippen LogP contribution in [0.5, 0.6) is 0 Å². The van der Waals surface area contributed by atoms with Crippen LogP contribution in [-0.4, -0.2) is 22.2 Å². The number of hydrogen-bond donors (Lipinski definition) is 2. The summed E-state index contributed by atoms with van der Waals surface area (Å²) in [6.07, 6.45) is 0. The number of nitrogens with one attached hydrogen (secondary N) is 1. The molecule has 186 valence electrons. The van der Waals surface area contributed by atoms with Crippen molar-refractivity contribution in [1.82, 2.24) is 14.5 Å². The molecule has 1 saturated heterocycles. The molecule has 0 bridgehead atoms. The number of nitrogens with two attached hydrogens (primary N) is 1. The average Bonchev–Trinajstić information content (AvgIpc) is 2.79. The Balaban J connectivity index is 1.94. The van der Waals surface area contributed by atoms with E-state index in [-0.39, 0.29) is 28.1 Å². The molecule has 3 N–H and O–H groups in total. The van der Waals surface area contributed by atoms with Crippen molar-refractivity contribution in [3.8, 4) is 16.8 Å². The van der Waals surface area contributed by atoms with Gasteiger partial charge in [0, 0.05) is 42.4 Å². The van der Waals surface area contributed by atoms with Crippen LogP contribution in [0, 0.1) is 18.7 Å². The lowest BCUT2D eigenvalue weighted by atomic mass is 9.97. The number of anilines is 1. The van der Waals surface area contributed by atoms with E-state index >= 15 is 0 Å². The summed E-state index contributed by atoms with van der Waals surface area (Å²) < 4.78 is 17.9. The van der Waals surface area contributed by atoms with E-state index in [1.54, 1.807) is 18.2 Å². The van der Waals surface area contributed by atoms with Crippen molar-refractivity contribution in [3.05, 3.63) is 91.2 Å². The Bertz CT molecular complexity index is 1600. The summed E-state index contributed by atoms with van der Waals surface area (Å²) in [5, 5.41) is 3.45. The molecular weight excluding hydrogens is 479 g/mol. The molecule has 1 fully saturated rings. The minimum absolute atomic E-state index is 0.0966. The first kappa shape index (κ1) is 24.3. The van der Waals surface area contributed by atoms with Gasteiger partial charge in [0.1, 0.15) is 5.82 Å². The minimum Gasteiger partial charge on any atom is -0.398 e. The van der Waals surface area contributed by atoms with Gasteiger partial charge >= 0.3 is 11.1 Å². The van der Waals surface area contributed by atoms with Crippen molar-refractivity contribution >= 4 is 28.3 Å². The molecule has 3 aromatic carbocycles. The van der Waals surface area contributed by atoms with Gasteiger partial charge in [0.25, 0.3) is 0 Å². The van der Waals surface area contributed by atoms with Crippen molar-refractivity contribution in [1.29, 1.82) is 0 Å². The molecule has 0 amide bonds. The van der Waals surface area contributed by atoms with Crippen LogP contribution in [0.1, 0.15) is 30.9 Å². The van der Waals surface area contributed by atoms with Crippen molar-refractivity contribution < 1.29 is 4.39 Å². The molecule has 6 nitrogen and oxygen atoms in total. The van der Waals surface area contributed by atoms with Gasteiger partial charge in [-0.05, 0) is 48.2 Å². The first-order valence-corrected chi connectivity index (χ1v) is 12.4. The molecule has 5 rings (SSSR count). The Labute approximate surface area is 213 Å². The van der Waals surface area contributed by atoms with Crippen LogP contribution in [0.15, 0.2) is 58.1 Å². The maximum atomic E-state index is 15.0. The molecule has 0 unspecified atom stereocenters. The van der Waals surface area contributed by atoms with E-state index in [9.17, 15) is 14.0 Å². The predicted molar refractivity (Wildman–Crippen MR) is 144 cm³/mol. The third-order valence-corrected chi connectivity index (χ3v) is 7.28. The summed E-state index contributed by atoms with van der Waals surface area (Å²) in [6, 6.07) is 13.6. The van der Waals surface area contributed by atoms with Gasteiger partial charge in [0.05, 0.1) is 21.7 Å². The van der Waals surface area contributed by atoms with E-state index < -0.39 is 16.9 Å². The second kappa shape index (κ2) is 9.22. The number of aromatic nitrogens is 2. The van der Waals surface area contributed by atoms with Crippen LogP contribution >= 0.6 is 11.6 Å². The highest BCUT2D eigenvalue weighted by Crippen LogP contribution is 2.38. The molecule has 36 heavy (non-hydrogen) atoms. The number of hydrogen-bond acceptors (Lipinski definition) is 4. The number of nitrogen functional groups attached to an aromatic ring is 1. The number of halogens is 2. The maximum Gasteiger partial charge on any atom is 0.321 e. The average molecular weight is 507 g/mol. The topological polar surface area (TPSA) is 82.0 Å². The fourth-order valence-electron chi connectivity index (χ4n) is 4.99. The fraction of sp³-hybridized carbons (Fsp3) is 0.286. The number of benzene rings is 3. The first-order valence-electron chi connectivity index (χ1n) is 12.0. The van der Waals surface area contributed by atoms with E-state index in [2.05, 4.69) is 5.32 Å². The molecular formula is C28H28ClFN4O2. The smallest absolute Gasteiger partial charge is 0.321 e. The Kier molecular flexibility index (Phi) is 6.22. The fourth-order valence-corrected chi connectivity index (χ4v) is 5.24. The Morgan fingerprint density at radius 1 is 1.08 bits per heavy atom. The van der Waals surface area contributed by atoms with E-state index in [0.717, 1.165) is 24.2 Å². The summed E-state index contributed by atoms with van der Waals surface area (Å²) in [6.45, 7) is 7.92. The lowest BCUT2D eigenvalue weighted by molar-refractivity contribution is 0.306. The van der Waals surface area contributed by atoms with Gasteiger partial charge < -0.3 is 15.6 Å². The molecule has 1 aliphatic rings. The summed E-state index contributed by atoms with van der Waals surface area (Å²) in [7, 11) is 0. The number of para-hydroxylation sites is 1. The Hall–Kier alpha value is -3.42. The number of nitrogens with zero attached hydrogens (tertiary/aromatic N) is 2. The standard InChI is InChI=1S/C28H28ClFN4O2/c1-15(2)18-7-4-6-16(3)26(18)34-24-10-19(25-21(30)8-5-9-22(25)31)20(29)11-23(24)33(27(35)28(34)36)14-17-12-32-13-17/h4-11,15,17,32H,12-14,31H2,1-3H3. The molecule has 0 aliphatic carbocycles. The van der Waals surface area contributed by atoms with Crippen molar-refractivity contribution in [3.63, 3.8) is 0 Å². The van der Waals surface area contributed by atoms with E-state index in [1.165, 1.54) is 21.3 Å². The summed E-state index contributed by atoms with van der Waals surface area (Å²) in [5.41, 5.74) is 9.09. The third-order valence-electron chi connectivity index (χ3n) is 6.96. The van der Waals surface area contributed by atoms with Crippen LogP contribution in [-0.2, 0) is 6.54 Å². The molecule has 8 heteroatoms. The summed E-state index contributed by atoms with van der Waals surface area (Å²) in [4.78, 5) is 27.3. The highest BCUT2D eigenvalue weighted by molar-refractivity contribution is 6.34. The third kappa shape index (κ3) is 3.92. The second-order valence-electron chi connectivity index (χ2n) is 9.77. The molecule has 0 radical (unpaired) electrons. The summed E-state index contributed by atoms with van der Waals surface area (Å²) in [5.74, 6) is -0.191. The van der Waals surface area contributed by atoms with Crippen molar-refractivity contribution in [2.75, 3.05) is 18.8 Å². The molecule has 1 aliphatic heterocycles. The van der Waals surface area contributed by atoms with Gasteiger partial charge in [-0.2, -0.15) is 0 Å². The largest absolute Gasteiger partial charge is 0.398 e. The molecule has 0 atom stereocenters. The van der Waals surface area contributed by atoms with Crippen LogP contribution in [0.2, 0.25) is 5.02 Å². The predicted octanol–water partition coefficient (Wildman–Crippen LogP) is 4.85. The van der Waals surface area contributed by atoms with Gasteiger partial charge in [-0.1, -0.05) is 49.7 Å². The van der Waals surface area contributed by atoms with E-state index in [0.29, 0.717) is 28.8 Å².